The van der Waals surface area contributed by atoms with Crippen LogP contribution in [0.5, 0.6) is 0 Å². The molecule has 0 saturated carbocycles. The predicted octanol–water partition coefficient (Wildman–Crippen LogP) is 0.806. The number of anilines is 2. The average molecular weight is 399 g/mol. The maximum atomic E-state index is 12.2. The van der Waals surface area contributed by atoms with Crippen molar-refractivity contribution in [2.24, 2.45) is 0 Å². The Labute approximate surface area is 153 Å². The topological polar surface area (TPSA) is 144 Å². The molecule has 0 heterocycles. The summed E-state index contributed by atoms with van der Waals surface area (Å²) in [7, 11) is -7.35. The van der Waals surface area contributed by atoms with Crippen molar-refractivity contribution >= 4 is 31.4 Å². The molecule has 0 saturated heterocycles. The van der Waals surface area contributed by atoms with Crippen LogP contribution in [0.15, 0.2) is 52.3 Å². The Morgan fingerprint density at radius 2 is 1.27 bits per heavy atom. The van der Waals surface area contributed by atoms with Gasteiger partial charge in [0.25, 0.3) is 0 Å². The van der Waals surface area contributed by atoms with Gasteiger partial charge in [0.1, 0.15) is 0 Å². The summed E-state index contributed by atoms with van der Waals surface area (Å²) in [4.78, 5) is 0.172. The molecular formula is C16H22N4O4S2. The standard InChI is InChI=1S/C16H22N4O4S2/c1-12-3-5-13(6-4-12)25(21,22)19-9-2-10-20-26(23,24)14-7-8-15(17)16(18)11-14/h3-8,11,19-20H,2,9-10,17-18H2,1H3. The van der Waals surface area contributed by atoms with Gasteiger partial charge in [-0.3, -0.25) is 0 Å². The summed E-state index contributed by atoms with van der Waals surface area (Å²) >= 11 is 0. The van der Waals surface area contributed by atoms with E-state index in [1.807, 2.05) is 6.92 Å². The number of hydrogen-bond donors (Lipinski definition) is 4. The number of nitrogen functional groups attached to an aromatic ring is 2. The number of hydrogen-bond acceptors (Lipinski definition) is 6. The lowest BCUT2D eigenvalue weighted by Crippen LogP contribution is -2.30. The van der Waals surface area contributed by atoms with Crippen LogP contribution in [0.2, 0.25) is 0 Å². The smallest absolute Gasteiger partial charge is 0.240 e. The maximum absolute atomic E-state index is 12.2. The van der Waals surface area contributed by atoms with Crippen LogP contribution in [0.4, 0.5) is 11.4 Å². The largest absolute Gasteiger partial charge is 0.397 e. The molecule has 0 unspecified atom stereocenters. The van der Waals surface area contributed by atoms with Gasteiger partial charge in [-0.25, -0.2) is 26.3 Å². The van der Waals surface area contributed by atoms with Gasteiger partial charge < -0.3 is 11.5 Å². The van der Waals surface area contributed by atoms with Crippen LogP contribution in [-0.2, 0) is 20.0 Å². The zero-order chi connectivity index (χ0) is 19.4. The molecule has 0 bridgehead atoms. The van der Waals surface area contributed by atoms with Gasteiger partial charge in [-0.05, 0) is 43.7 Å². The van der Waals surface area contributed by atoms with Crippen molar-refractivity contribution in [1.29, 1.82) is 0 Å². The van der Waals surface area contributed by atoms with E-state index < -0.39 is 20.0 Å². The second-order valence-corrected chi connectivity index (χ2v) is 9.29. The third kappa shape index (κ3) is 5.18. The van der Waals surface area contributed by atoms with Gasteiger partial charge in [-0.2, -0.15) is 0 Å². The Morgan fingerprint density at radius 3 is 1.81 bits per heavy atom. The first-order valence-corrected chi connectivity index (χ1v) is 10.8. The monoisotopic (exact) mass is 398 g/mol. The zero-order valence-electron chi connectivity index (χ0n) is 14.3. The first kappa shape index (κ1) is 20.2. The Hall–Kier alpha value is -2.14. The van der Waals surface area contributed by atoms with E-state index in [0.29, 0.717) is 5.69 Å². The van der Waals surface area contributed by atoms with Crippen LogP contribution in [-0.4, -0.2) is 29.9 Å². The van der Waals surface area contributed by atoms with Gasteiger partial charge >= 0.3 is 0 Å². The van der Waals surface area contributed by atoms with Crippen molar-refractivity contribution in [3.8, 4) is 0 Å². The third-order valence-electron chi connectivity index (χ3n) is 3.64. The van der Waals surface area contributed by atoms with Crippen LogP contribution in [0, 0.1) is 6.92 Å². The second kappa shape index (κ2) is 8.04. The lowest BCUT2D eigenvalue weighted by molar-refractivity contribution is 0.572. The highest BCUT2D eigenvalue weighted by Crippen LogP contribution is 2.19. The fourth-order valence-electron chi connectivity index (χ4n) is 2.11. The lowest BCUT2D eigenvalue weighted by Gasteiger charge is -2.09. The Bertz CT molecular complexity index is 972. The van der Waals surface area contributed by atoms with E-state index in [9.17, 15) is 16.8 Å². The number of nitrogens with one attached hydrogen (secondary N) is 2. The van der Waals surface area contributed by atoms with Crippen molar-refractivity contribution in [3.63, 3.8) is 0 Å². The summed E-state index contributed by atoms with van der Waals surface area (Å²) in [6.45, 7) is 2.04. The lowest BCUT2D eigenvalue weighted by atomic mass is 10.2. The Balaban J connectivity index is 1.86. The van der Waals surface area contributed by atoms with Gasteiger partial charge in [0, 0.05) is 13.1 Å². The highest BCUT2D eigenvalue weighted by molar-refractivity contribution is 7.89. The van der Waals surface area contributed by atoms with Crippen molar-refractivity contribution in [2.75, 3.05) is 24.6 Å². The molecule has 0 aromatic heterocycles. The van der Waals surface area contributed by atoms with E-state index in [2.05, 4.69) is 9.44 Å². The molecule has 0 aliphatic heterocycles. The number of rotatable bonds is 8. The van der Waals surface area contributed by atoms with E-state index in [1.165, 1.54) is 30.3 Å². The molecule has 0 radical (unpaired) electrons. The molecule has 0 aliphatic rings. The van der Waals surface area contributed by atoms with Crippen LogP contribution in [0.25, 0.3) is 0 Å². The minimum atomic E-state index is -3.74. The fourth-order valence-corrected chi connectivity index (χ4v) is 4.29. The number of sulfonamides is 2. The van der Waals surface area contributed by atoms with E-state index in [0.717, 1.165) is 5.56 Å². The minimum absolute atomic E-state index is 0.00411. The van der Waals surface area contributed by atoms with E-state index in [-0.39, 0.29) is 35.0 Å². The van der Waals surface area contributed by atoms with Crippen LogP contribution < -0.4 is 20.9 Å². The molecule has 2 rings (SSSR count). The van der Waals surface area contributed by atoms with Gasteiger partial charge in [0.05, 0.1) is 21.2 Å². The fraction of sp³-hybridized carbons (Fsp3) is 0.250. The summed E-state index contributed by atoms with van der Waals surface area (Å²) in [5.74, 6) is 0. The normalized spacial score (nSPS) is 12.2. The van der Waals surface area contributed by atoms with E-state index in [1.54, 1.807) is 12.1 Å². The molecular weight excluding hydrogens is 376 g/mol. The molecule has 8 nitrogen and oxygen atoms in total. The zero-order valence-corrected chi connectivity index (χ0v) is 15.9. The predicted molar refractivity (Wildman–Crippen MR) is 101 cm³/mol. The maximum Gasteiger partial charge on any atom is 0.240 e. The molecule has 2 aromatic carbocycles. The molecule has 26 heavy (non-hydrogen) atoms. The molecule has 0 aliphatic carbocycles. The van der Waals surface area contributed by atoms with E-state index >= 15 is 0 Å². The first-order chi connectivity index (χ1) is 12.1. The second-order valence-electron chi connectivity index (χ2n) is 5.75. The molecule has 0 spiro atoms. The minimum Gasteiger partial charge on any atom is -0.397 e. The van der Waals surface area contributed by atoms with Crippen LogP contribution in [0.3, 0.4) is 0 Å². The van der Waals surface area contributed by atoms with Crippen molar-refractivity contribution in [2.45, 2.75) is 23.1 Å². The Kier molecular flexibility index (Phi) is 6.24. The molecule has 0 fully saturated rings. The van der Waals surface area contributed by atoms with Gasteiger partial charge in [-0.1, -0.05) is 17.7 Å². The number of nitrogens with two attached hydrogens (primary N) is 2. The van der Waals surface area contributed by atoms with Crippen LogP contribution >= 0.6 is 0 Å². The molecule has 0 amide bonds. The molecule has 6 N–H and O–H groups in total. The van der Waals surface area contributed by atoms with E-state index in [4.69, 9.17) is 11.5 Å². The van der Waals surface area contributed by atoms with Crippen molar-refractivity contribution < 1.29 is 16.8 Å². The molecule has 0 atom stereocenters. The van der Waals surface area contributed by atoms with Crippen LogP contribution in [0.1, 0.15) is 12.0 Å². The number of aryl methyl sites for hydroxylation is 1. The Morgan fingerprint density at radius 1 is 0.769 bits per heavy atom. The SMILES string of the molecule is Cc1ccc(S(=O)(=O)NCCCNS(=O)(=O)c2ccc(N)c(N)c2)cc1. The van der Waals surface area contributed by atoms with Crippen molar-refractivity contribution in [3.05, 3.63) is 48.0 Å². The molecule has 2 aromatic rings. The highest BCUT2D eigenvalue weighted by Gasteiger charge is 2.15. The number of benzene rings is 2. The summed E-state index contributed by atoms with van der Waals surface area (Å²) in [5.41, 5.74) is 12.6. The highest BCUT2D eigenvalue weighted by atomic mass is 32.2. The summed E-state index contributed by atoms with van der Waals surface area (Å²) in [6.07, 6.45) is 0.286. The summed E-state index contributed by atoms with van der Waals surface area (Å²) in [5, 5.41) is 0. The third-order valence-corrected chi connectivity index (χ3v) is 6.57. The summed E-state index contributed by atoms with van der Waals surface area (Å²) < 4.78 is 53.4. The van der Waals surface area contributed by atoms with Gasteiger partial charge in [-0.15, -0.1) is 0 Å². The quantitative estimate of drug-likeness (QED) is 0.382. The van der Waals surface area contributed by atoms with Crippen molar-refractivity contribution in [1.82, 2.24) is 9.44 Å². The molecule has 10 heteroatoms. The van der Waals surface area contributed by atoms with Gasteiger partial charge in [0.15, 0.2) is 0 Å². The molecule has 142 valence electrons. The van der Waals surface area contributed by atoms with Gasteiger partial charge in [0.2, 0.25) is 20.0 Å². The first-order valence-electron chi connectivity index (χ1n) is 7.83. The average Bonchev–Trinajstić information content (AvgIpc) is 2.57. The summed E-state index contributed by atoms with van der Waals surface area (Å²) in [6, 6.07) is 10.5.